The standard InChI is InChI=1S/C12H20N2OS/c1-4-13-10(2)11-5-6-14-12(9-11)16-8-7-15-3/h5-6,9-10,13H,4,7-8H2,1-3H3. The van der Waals surface area contributed by atoms with Gasteiger partial charge in [0.15, 0.2) is 0 Å². The van der Waals surface area contributed by atoms with Crippen LogP contribution in [0.5, 0.6) is 0 Å². The van der Waals surface area contributed by atoms with Gasteiger partial charge in [0, 0.05) is 25.1 Å². The first-order valence-electron chi connectivity index (χ1n) is 5.59. The lowest BCUT2D eigenvalue weighted by molar-refractivity contribution is 0.218. The molecule has 1 rings (SSSR count). The van der Waals surface area contributed by atoms with Gasteiger partial charge in [-0.1, -0.05) is 6.92 Å². The van der Waals surface area contributed by atoms with Gasteiger partial charge in [-0.15, -0.1) is 11.8 Å². The third-order valence-corrected chi connectivity index (χ3v) is 3.20. The van der Waals surface area contributed by atoms with Crippen molar-refractivity contribution in [1.82, 2.24) is 10.3 Å². The van der Waals surface area contributed by atoms with Crippen LogP contribution in [0.1, 0.15) is 25.5 Å². The van der Waals surface area contributed by atoms with Crippen LogP contribution in [-0.4, -0.2) is 31.0 Å². The van der Waals surface area contributed by atoms with Crippen LogP contribution in [0.25, 0.3) is 0 Å². The predicted octanol–water partition coefficient (Wildman–Crippen LogP) is 2.49. The van der Waals surface area contributed by atoms with Crippen LogP contribution in [-0.2, 0) is 4.74 Å². The number of methoxy groups -OCH3 is 1. The van der Waals surface area contributed by atoms with Gasteiger partial charge in [0.05, 0.1) is 11.6 Å². The normalized spacial score (nSPS) is 12.7. The summed E-state index contributed by atoms with van der Waals surface area (Å²) in [6, 6.07) is 4.59. The van der Waals surface area contributed by atoms with E-state index in [0.29, 0.717) is 6.04 Å². The first kappa shape index (κ1) is 13.5. The van der Waals surface area contributed by atoms with Crippen molar-refractivity contribution in [3.8, 4) is 0 Å². The van der Waals surface area contributed by atoms with Crippen molar-refractivity contribution in [2.45, 2.75) is 24.9 Å². The Morgan fingerprint density at radius 1 is 1.56 bits per heavy atom. The van der Waals surface area contributed by atoms with Gasteiger partial charge in [0.25, 0.3) is 0 Å². The third kappa shape index (κ3) is 4.51. The molecule has 1 N–H and O–H groups in total. The predicted molar refractivity (Wildman–Crippen MR) is 68.9 cm³/mol. The van der Waals surface area contributed by atoms with Gasteiger partial charge in [-0.05, 0) is 31.2 Å². The lowest BCUT2D eigenvalue weighted by Crippen LogP contribution is -2.17. The highest BCUT2D eigenvalue weighted by Gasteiger charge is 2.05. The molecule has 0 spiro atoms. The molecule has 0 amide bonds. The monoisotopic (exact) mass is 240 g/mol. The highest BCUT2D eigenvalue weighted by molar-refractivity contribution is 7.99. The Hall–Kier alpha value is -0.580. The maximum Gasteiger partial charge on any atom is 0.0963 e. The zero-order valence-corrected chi connectivity index (χ0v) is 11.0. The van der Waals surface area contributed by atoms with Gasteiger partial charge in [0.1, 0.15) is 0 Å². The number of aromatic nitrogens is 1. The van der Waals surface area contributed by atoms with Crippen molar-refractivity contribution >= 4 is 11.8 Å². The number of pyridine rings is 1. The second-order valence-electron chi connectivity index (χ2n) is 3.55. The average molecular weight is 240 g/mol. The van der Waals surface area contributed by atoms with Crippen LogP contribution in [0.15, 0.2) is 23.4 Å². The number of rotatable bonds is 7. The lowest BCUT2D eigenvalue weighted by atomic mass is 10.1. The average Bonchev–Trinajstić information content (AvgIpc) is 2.30. The van der Waals surface area contributed by atoms with Gasteiger partial charge >= 0.3 is 0 Å². The molecule has 0 radical (unpaired) electrons. The van der Waals surface area contributed by atoms with Crippen molar-refractivity contribution in [3.05, 3.63) is 23.9 Å². The van der Waals surface area contributed by atoms with E-state index in [-0.39, 0.29) is 0 Å². The zero-order valence-electron chi connectivity index (χ0n) is 10.2. The van der Waals surface area contributed by atoms with Crippen LogP contribution < -0.4 is 5.32 Å². The van der Waals surface area contributed by atoms with E-state index >= 15 is 0 Å². The highest BCUT2D eigenvalue weighted by atomic mass is 32.2. The van der Waals surface area contributed by atoms with E-state index in [4.69, 9.17) is 4.74 Å². The minimum atomic E-state index is 0.384. The Balaban J connectivity index is 2.56. The molecule has 1 unspecified atom stereocenters. The molecule has 0 aliphatic rings. The van der Waals surface area contributed by atoms with Crippen molar-refractivity contribution in [2.24, 2.45) is 0 Å². The zero-order chi connectivity index (χ0) is 11.8. The molecule has 16 heavy (non-hydrogen) atoms. The summed E-state index contributed by atoms with van der Waals surface area (Å²) in [6.45, 7) is 6.03. The van der Waals surface area contributed by atoms with Crippen LogP contribution in [0.4, 0.5) is 0 Å². The summed E-state index contributed by atoms with van der Waals surface area (Å²) in [4.78, 5) is 4.33. The molecule has 0 bridgehead atoms. The van der Waals surface area contributed by atoms with Crippen molar-refractivity contribution in [1.29, 1.82) is 0 Å². The summed E-state index contributed by atoms with van der Waals surface area (Å²) < 4.78 is 5.02. The van der Waals surface area contributed by atoms with E-state index in [2.05, 4.69) is 36.3 Å². The summed E-state index contributed by atoms with van der Waals surface area (Å²) in [7, 11) is 1.72. The molecular weight excluding hydrogens is 220 g/mol. The Morgan fingerprint density at radius 2 is 2.38 bits per heavy atom. The van der Waals surface area contributed by atoms with Gasteiger partial charge in [-0.2, -0.15) is 0 Å². The second-order valence-corrected chi connectivity index (χ2v) is 4.66. The smallest absolute Gasteiger partial charge is 0.0963 e. The first-order chi connectivity index (χ1) is 7.77. The number of hydrogen-bond acceptors (Lipinski definition) is 4. The second kappa shape index (κ2) is 7.65. The summed E-state index contributed by atoms with van der Waals surface area (Å²) in [5.41, 5.74) is 1.29. The minimum Gasteiger partial charge on any atom is -0.384 e. The van der Waals surface area contributed by atoms with Crippen LogP contribution in [0, 0.1) is 0 Å². The maximum absolute atomic E-state index is 5.02. The molecule has 0 aliphatic carbocycles. The Kier molecular flexibility index (Phi) is 6.45. The van der Waals surface area contributed by atoms with Crippen molar-refractivity contribution < 1.29 is 4.74 Å². The summed E-state index contributed by atoms with van der Waals surface area (Å²) >= 11 is 1.73. The maximum atomic E-state index is 5.02. The Morgan fingerprint density at radius 3 is 3.06 bits per heavy atom. The Labute approximate surface area is 102 Å². The number of thioether (sulfide) groups is 1. The molecule has 0 aliphatic heterocycles. The summed E-state index contributed by atoms with van der Waals surface area (Å²) in [5.74, 6) is 0.947. The molecule has 1 heterocycles. The van der Waals surface area contributed by atoms with E-state index in [1.807, 2.05) is 6.20 Å². The minimum absolute atomic E-state index is 0.384. The molecule has 0 fully saturated rings. The Bertz CT molecular complexity index is 307. The van der Waals surface area contributed by atoms with Gasteiger partial charge < -0.3 is 10.1 Å². The third-order valence-electron chi connectivity index (χ3n) is 2.31. The fraction of sp³-hybridized carbons (Fsp3) is 0.583. The molecule has 1 aromatic rings. The quantitative estimate of drug-likeness (QED) is 0.586. The van der Waals surface area contributed by atoms with E-state index < -0.39 is 0 Å². The van der Waals surface area contributed by atoms with E-state index in [1.165, 1.54) is 5.56 Å². The number of nitrogens with zero attached hydrogens (tertiary/aromatic N) is 1. The SMILES string of the molecule is CCNC(C)c1ccnc(SCCOC)c1. The van der Waals surface area contributed by atoms with E-state index in [1.54, 1.807) is 18.9 Å². The molecule has 3 nitrogen and oxygen atoms in total. The molecule has 0 saturated heterocycles. The lowest BCUT2D eigenvalue weighted by Gasteiger charge is -2.13. The summed E-state index contributed by atoms with van der Waals surface area (Å²) in [6.07, 6.45) is 1.87. The molecule has 0 aromatic carbocycles. The first-order valence-corrected chi connectivity index (χ1v) is 6.57. The molecule has 0 saturated carbocycles. The molecule has 90 valence electrons. The highest BCUT2D eigenvalue weighted by Crippen LogP contribution is 2.19. The topological polar surface area (TPSA) is 34.2 Å². The molecular formula is C12H20N2OS. The molecule has 1 aromatic heterocycles. The van der Waals surface area contributed by atoms with Crippen LogP contribution in [0.3, 0.4) is 0 Å². The van der Waals surface area contributed by atoms with Crippen molar-refractivity contribution in [2.75, 3.05) is 26.0 Å². The number of nitrogens with one attached hydrogen (secondary N) is 1. The largest absolute Gasteiger partial charge is 0.384 e. The fourth-order valence-corrected chi connectivity index (χ4v) is 2.24. The molecule has 1 atom stereocenters. The van der Waals surface area contributed by atoms with Crippen LogP contribution >= 0.6 is 11.8 Å². The summed E-state index contributed by atoms with van der Waals surface area (Å²) in [5, 5.41) is 4.46. The van der Waals surface area contributed by atoms with Gasteiger partial charge in [0.2, 0.25) is 0 Å². The molecule has 4 heteroatoms. The van der Waals surface area contributed by atoms with E-state index in [9.17, 15) is 0 Å². The van der Waals surface area contributed by atoms with Gasteiger partial charge in [-0.25, -0.2) is 4.98 Å². The van der Waals surface area contributed by atoms with Crippen LogP contribution in [0.2, 0.25) is 0 Å². The fourth-order valence-electron chi connectivity index (χ4n) is 1.43. The van der Waals surface area contributed by atoms with Crippen molar-refractivity contribution in [3.63, 3.8) is 0 Å². The van der Waals surface area contributed by atoms with Gasteiger partial charge in [-0.3, -0.25) is 0 Å². The van der Waals surface area contributed by atoms with E-state index in [0.717, 1.165) is 23.9 Å². The number of ether oxygens (including phenoxy) is 1. The number of hydrogen-bond donors (Lipinski definition) is 1.